The number of carboxylic acids is 1. The predicted octanol–water partition coefficient (Wildman–Crippen LogP) is 3.53. The van der Waals surface area contributed by atoms with Crippen molar-refractivity contribution in [2.45, 2.75) is 72.9 Å². The summed E-state index contributed by atoms with van der Waals surface area (Å²) < 4.78 is 4.92. The molecule has 2 aliphatic carbocycles. The fourth-order valence-corrected chi connectivity index (χ4v) is 5.58. The van der Waals surface area contributed by atoms with E-state index in [-0.39, 0.29) is 83.2 Å². The first-order chi connectivity index (χ1) is 16.5. The van der Waals surface area contributed by atoms with Crippen LogP contribution in [0.5, 0.6) is 0 Å². The van der Waals surface area contributed by atoms with Crippen molar-refractivity contribution in [2.75, 3.05) is 17.7 Å². The molecular formula is C30H45N2NaO5. The monoisotopic (exact) mass is 536 g/mol. The third kappa shape index (κ3) is 10.3. The molecular weight excluding hydrogens is 491 g/mol. The van der Waals surface area contributed by atoms with Gasteiger partial charge in [0.2, 0.25) is 0 Å². The second kappa shape index (κ2) is 15.5. The third-order valence-corrected chi connectivity index (χ3v) is 7.13. The molecule has 206 valence electrons. The minimum atomic E-state index is -0.691. The smallest absolute Gasteiger partial charge is 0.870 e. The van der Waals surface area contributed by atoms with Crippen molar-refractivity contribution < 1.29 is 54.5 Å². The molecule has 0 aromatic heterocycles. The van der Waals surface area contributed by atoms with Crippen LogP contribution in [0.25, 0.3) is 0 Å². The van der Waals surface area contributed by atoms with Crippen molar-refractivity contribution in [1.29, 1.82) is 0 Å². The number of hydrogen-bond acceptors (Lipinski definition) is 6. The van der Waals surface area contributed by atoms with E-state index < -0.39 is 5.97 Å². The van der Waals surface area contributed by atoms with Crippen molar-refractivity contribution in [2.24, 2.45) is 22.7 Å². The van der Waals surface area contributed by atoms with Crippen molar-refractivity contribution in [3.63, 3.8) is 0 Å². The van der Waals surface area contributed by atoms with E-state index in [9.17, 15) is 14.7 Å². The Morgan fingerprint density at radius 3 is 1.50 bits per heavy atom. The molecule has 0 radical (unpaired) electrons. The topological polar surface area (TPSA) is 118 Å². The molecule has 4 rings (SSSR count). The van der Waals surface area contributed by atoms with E-state index in [0.29, 0.717) is 0 Å². The van der Waals surface area contributed by atoms with Crippen LogP contribution in [0.3, 0.4) is 0 Å². The molecule has 0 spiro atoms. The molecule has 2 aromatic rings. The van der Waals surface area contributed by atoms with E-state index in [0.717, 1.165) is 37.1 Å². The van der Waals surface area contributed by atoms with E-state index in [1.165, 1.54) is 7.11 Å². The first-order valence-electron chi connectivity index (χ1n) is 12.4. The molecule has 0 saturated heterocycles. The second-order valence-corrected chi connectivity index (χ2v) is 11.5. The summed E-state index contributed by atoms with van der Waals surface area (Å²) in [7, 11) is 1.47. The maximum atomic E-state index is 11.8. The van der Waals surface area contributed by atoms with E-state index in [1.54, 1.807) is 0 Å². The van der Waals surface area contributed by atoms with Gasteiger partial charge in [0.25, 0.3) is 0 Å². The molecule has 2 saturated carbocycles. The van der Waals surface area contributed by atoms with Crippen molar-refractivity contribution in [3.05, 3.63) is 60.7 Å². The average molecular weight is 537 g/mol. The number of nitrogens with one attached hydrogen (secondary N) is 2. The molecule has 0 heterocycles. The Morgan fingerprint density at radius 2 is 1.13 bits per heavy atom. The second-order valence-electron chi connectivity index (χ2n) is 11.5. The van der Waals surface area contributed by atoms with Crippen molar-refractivity contribution in [1.82, 2.24) is 0 Å². The molecule has 7 nitrogen and oxygen atoms in total. The van der Waals surface area contributed by atoms with E-state index in [1.807, 2.05) is 60.7 Å². The molecule has 38 heavy (non-hydrogen) atoms. The Kier molecular flexibility index (Phi) is 14.7. The molecule has 2 aliphatic rings. The molecule has 4 unspecified atom stereocenters. The van der Waals surface area contributed by atoms with Gasteiger partial charge >= 0.3 is 41.5 Å². The van der Waals surface area contributed by atoms with Crippen molar-refractivity contribution in [3.8, 4) is 0 Å². The van der Waals surface area contributed by atoms with Crippen LogP contribution >= 0.6 is 0 Å². The van der Waals surface area contributed by atoms with E-state index >= 15 is 0 Å². The molecule has 0 aliphatic heterocycles. The predicted molar refractivity (Wildman–Crippen MR) is 149 cm³/mol. The summed E-state index contributed by atoms with van der Waals surface area (Å²) in [6, 6.07) is 20.1. The molecule has 0 amide bonds. The van der Waals surface area contributed by atoms with Gasteiger partial charge in [0.15, 0.2) is 0 Å². The van der Waals surface area contributed by atoms with Gasteiger partial charge in [-0.3, -0.25) is 9.59 Å². The number of para-hydroxylation sites is 2. The van der Waals surface area contributed by atoms with Crippen LogP contribution in [0.4, 0.5) is 11.4 Å². The van der Waals surface area contributed by atoms with Gasteiger partial charge in [-0.1, -0.05) is 71.5 Å². The summed E-state index contributed by atoms with van der Waals surface area (Å²) in [6.45, 7) is 8.68. The van der Waals surface area contributed by atoms with Crippen LogP contribution < -0.4 is 40.2 Å². The molecule has 4 atom stereocenters. The summed E-state index contributed by atoms with van der Waals surface area (Å²) in [6.07, 6.45) is 3.51. The standard InChI is InChI=1S/C15H21NO2.C14H19NO2.CH4.Na.H2O/c1-15(2)9-12(14(17)18-3)13(10-15)16-11-7-5-4-6-8-11;1-14(2)8-11(13(16)17)12(9-14)15-10-6-4-3-5-7-10;;;/h4-8,12-13,16H,9-10H2,1-3H3;3-7,11-12,15H,8-9H2,1-2H3,(H,16,17);1H4;;1H2/q;;;+1;/p-1. The van der Waals surface area contributed by atoms with Crippen LogP contribution in [0.15, 0.2) is 60.7 Å². The minimum absolute atomic E-state index is 0. The Morgan fingerprint density at radius 1 is 0.763 bits per heavy atom. The number of carbonyl (C=O) groups excluding carboxylic acids is 1. The number of methoxy groups -OCH3 is 1. The maximum Gasteiger partial charge on any atom is 1.00 e. The number of aliphatic carboxylic acids is 1. The molecule has 8 heteroatoms. The van der Waals surface area contributed by atoms with Gasteiger partial charge in [-0.05, 0) is 60.8 Å². The van der Waals surface area contributed by atoms with E-state index in [4.69, 9.17) is 4.74 Å². The fourth-order valence-electron chi connectivity index (χ4n) is 5.58. The van der Waals surface area contributed by atoms with Crippen LogP contribution in [0.1, 0.15) is 60.8 Å². The summed E-state index contributed by atoms with van der Waals surface area (Å²) in [5.41, 5.74) is 2.36. The van der Waals surface area contributed by atoms with Gasteiger partial charge in [0.1, 0.15) is 0 Å². The Hall–Kier alpha value is -2.06. The normalized spacial score (nSPS) is 24.1. The zero-order valence-corrected chi connectivity index (χ0v) is 25.0. The summed E-state index contributed by atoms with van der Waals surface area (Å²) in [4.78, 5) is 23.1. The Balaban J connectivity index is 0.000000669. The summed E-state index contributed by atoms with van der Waals surface area (Å²) in [5, 5.41) is 16.1. The summed E-state index contributed by atoms with van der Waals surface area (Å²) in [5.74, 6) is -1.13. The number of esters is 1. The number of carboxylic acid groups (broad SMARTS) is 1. The van der Waals surface area contributed by atoms with Crippen LogP contribution in [0.2, 0.25) is 0 Å². The van der Waals surface area contributed by atoms with Gasteiger partial charge in [-0.25, -0.2) is 0 Å². The zero-order valence-electron chi connectivity index (χ0n) is 23.0. The first kappa shape index (κ1) is 35.9. The molecule has 2 fully saturated rings. The van der Waals surface area contributed by atoms with Gasteiger partial charge in [0, 0.05) is 23.5 Å². The largest absolute Gasteiger partial charge is 1.00 e. The molecule has 0 bridgehead atoms. The fraction of sp³-hybridized carbons (Fsp3) is 0.533. The number of ether oxygens (including phenoxy) is 1. The van der Waals surface area contributed by atoms with Crippen LogP contribution in [-0.4, -0.2) is 41.7 Å². The third-order valence-electron chi connectivity index (χ3n) is 7.13. The number of anilines is 2. The number of carbonyl (C=O) groups is 2. The summed E-state index contributed by atoms with van der Waals surface area (Å²) >= 11 is 0. The number of rotatable bonds is 6. The number of hydrogen-bond donors (Lipinski definition) is 3. The van der Waals surface area contributed by atoms with Crippen LogP contribution in [-0.2, 0) is 14.3 Å². The zero-order chi connectivity index (χ0) is 25.6. The van der Waals surface area contributed by atoms with Gasteiger partial charge in [-0.2, -0.15) is 0 Å². The SMILES string of the molecule is C.CC1(C)CC(Nc2ccccc2)C(C(=O)O)C1.COC(=O)C1CC(C)(C)CC1Nc1ccccc1.[Na+].[OH-]. The average Bonchev–Trinajstić information content (AvgIpc) is 3.29. The molecule has 2 aromatic carbocycles. The minimum Gasteiger partial charge on any atom is -0.870 e. The molecule has 4 N–H and O–H groups in total. The maximum absolute atomic E-state index is 11.8. The van der Waals surface area contributed by atoms with Gasteiger partial charge in [-0.15, -0.1) is 0 Å². The Labute approximate surface area is 250 Å². The van der Waals surface area contributed by atoms with Gasteiger partial charge < -0.3 is 26.0 Å². The Bertz CT molecular complexity index is 985. The number of benzene rings is 2. The quantitative estimate of drug-likeness (QED) is 0.382. The van der Waals surface area contributed by atoms with Crippen LogP contribution in [0, 0.1) is 22.7 Å². The van der Waals surface area contributed by atoms with E-state index in [2.05, 4.69) is 38.3 Å². The van der Waals surface area contributed by atoms with Gasteiger partial charge in [0.05, 0.1) is 18.9 Å². The van der Waals surface area contributed by atoms with Crippen molar-refractivity contribution >= 4 is 23.3 Å². The first-order valence-corrected chi connectivity index (χ1v) is 12.4.